The third-order valence-corrected chi connectivity index (χ3v) is 8.86. The molecule has 0 aliphatic rings. The minimum atomic E-state index is -4.11. The first-order valence-electron chi connectivity index (χ1n) is 12.9. The second-order valence-corrected chi connectivity index (χ2v) is 12.2. The number of anilines is 1. The van der Waals surface area contributed by atoms with Crippen molar-refractivity contribution >= 4 is 39.4 Å². The number of rotatable bonds is 9. The van der Waals surface area contributed by atoms with Gasteiger partial charge in [-0.1, -0.05) is 47.0 Å². The molecule has 8 nitrogen and oxygen atoms in total. The predicted molar refractivity (Wildman–Crippen MR) is 164 cm³/mol. The van der Waals surface area contributed by atoms with E-state index in [-0.39, 0.29) is 15.6 Å². The van der Waals surface area contributed by atoms with E-state index in [2.05, 4.69) is 47.1 Å². The third kappa shape index (κ3) is 6.47. The first-order valence-corrected chi connectivity index (χ1v) is 14.8. The highest BCUT2D eigenvalue weighted by Crippen LogP contribution is 2.32. The van der Waals surface area contributed by atoms with Gasteiger partial charge >= 0.3 is 0 Å². The van der Waals surface area contributed by atoms with Crippen LogP contribution >= 0.6 is 11.6 Å². The van der Waals surface area contributed by atoms with Crippen molar-refractivity contribution in [2.45, 2.75) is 39.5 Å². The van der Waals surface area contributed by atoms with Crippen LogP contribution in [0.25, 0.3) is 5.69 Å². The first-order chi connectivity index (χ1) is 19.4. The zero-order valence-corrected chi connectivity index (χ0v) is 25.5. The van der Waals surface area contributed by atoms with E-state index in [9.17, 15) is 13.2 Å². The lowest BCUT2D eigenvalue weighted by atomic mass is 10.1. The number of methoxy groups -OCH3 is 1. The van der Waals surface area contributed by atoms with Crippen molar-refractivity contribution in [3.8, 4) is 11.4 Å². The summed E-state index contributed by atoms with van der Waals surface area (Å²) in [6.45, 7) is 9.47. The second kappa shape index (κ2) is 12.2. The van der Waals surface area contributed by atoms with Gasteiger partial charge in [0.05, 0.1) is 28.9 Å². The van der Waals surface area contributed by atoms with E-state index in [0.717, 1.165) is 38.1 Å². The van der Waals surface area contributed by atoms with Crippen LogP contribution in [0.2, 0.25) is 5.02 Å². The lowest BCUT2D eigenvalue weighted by Crippen LogP contribution is -2.39. The molecule has 0 aliphatic carbocycles. The summed E-state index contributed by atoms with van der Waals surface area (Å²) in [6, 6.07) is 19.2. The Morgan fingerprint density at radius 2 is 1.66 bits per heavy atom. The van der Waals surface area contributed by atoms with Gasteiger partial charge in [-0.3, -0.25) is 9.10 Å². The minimum absolute atomic E-state index is 0.0465. The number of nitrogens with zero attached hydrogens (tertiary/aromatic N) is 3. The van der Waals surface area contributed by atoms with Crippen LogP contribution in [-0.4, -0.2) is 38.8 Å². The Balaban J connectivity index is 1.59. The van der Waals surface area contributed by atoms with Gasteiger partial charge < -0.3 is 9.30 Å². The summed E-state index contributed by atoms with van der Waals surface area (Å²) < 4.78 is 35.6. The molecule has 0 saturated heterocycles. The highest BCUT2D eigenvalue weighted by Gasteiger charge is 2.28. The van der Waals surface area contributed by atoms with Gasteiger partial charge in [-0.05, 0) is 82.6 Å². The summed E-state index contributed by atoms with van der Waals surface area (Å²) in [5.74, 6) is -0.234. The number of carbonyl (C=O) groups excluding carboxylic acids is 1. The molecule has 0 saturated carbocycles. The van der Waals surface area contributed by atoms with E-state index in [4.69, 9.17) is 16.3 Å². The van der Waals surface area contributed by atoms with Gasteiger partial charge in [0, 0.05) is 22.6 Å². The molecule has 0 fully saturated rings. The number of aryl methyl sites for hydroxylation is 4. The number of hydrazone groups is 1. The van der Waals surface area contributed by atoms with Crippen LogP contribution in [0, 0.1) is 34.6 Å². The summed E-state index contributed by atoms with van der Waals surface area (Å²) in [5.41, 5.74) is 9.82. The molecule has 0 aliphatic heterocycles. The van der Waals surface area contributed by atoms with Crippen molar-refractivity contribution in [2.75, 3.05) is 18.0 Å². The van der Waals surface area contributed by atoms with E-state index in [1.54, 1.807) is 24.4 Å². The number of halogens is 1. The Labute approximate surface area is 246 Å². The van der Waals surface area contributed by atoms with Crippen LogP contribution in [0.4, 0.5) is 5.69 Å². The number of hydrogen-bond donors (Lipinski definition) is 1. The lowest BCUT2D eigenvalue weighted by molar-refractivity contribution is -0.119. The number of hydrogen-bond acceptors (Lipinski definition) is 5. The van der Waals surface area contributed by atoms with Gasteiger partial charge in [0.2, 0.25) is 0 Å². The number of carbonyl (C=O) groups is 1. The molecule has 41 heavy (non-hydrogen) atoms. The van der Waals surface area contributed by atoms with E-state index in [1.165, 1.54) is 36.9 Å². The average molecular weight is 593 g/mol. The highest BCUT2D eigenvalue weighted by atomic mass is 35.5. The fourth-order valence-corrected chi connectivity index (χ4v) is 6.31. The van der Waals surface area contributed by atoms with E-state index >= 15 is 0 Å². The molecular weight excluding hydrogens is 560 g/mol. The van der Waals surface area contributed by atoms with Gasteiger partial charge in [-0.15, -0.1) is 0 Å². The van der Waals surface area contributed by atoms with Crippen LogP contribution in [-0.2, 0) is 14.8 Å². The zero-order chi connectivity index (χ0) is 29.9. The summed E-state index contributed by atoms with van der Waals surface area (Å²) >= 11 is 6.30. The molecule has 0 spiro atoms. The Bertz CT molecular complexity index is 1730. The normalized spacial score (nSPS) is 11.6. The van der Waals surface area contributed by atoms with Crippen molar-refractivity contribution in [2.24, 2.45) is 5.10 Å². The minimum Gasteiger partial charge on any atom is -0.495 e. The predicted octanol–water partition coefficient (Wildman–Crippen LogP) is 6.03. The van der Waals surface area contributed by atoms with Crippen molar-refractivity contribution in [1.29, 1.82) is 0 Å². The number of sulfonamides is 1. The maximum absolute atomic E-state index is 13.6. The third-order valence-electron chi connectivity index (χ3n) is 6.78. The number of ether oxygens (including phenoxy) is 1. The molecule has 10 heteroatoms. The SMILES string of the molecule is COc1ccc(N(CC(=O)N/N=C\c2cc(C)n(-c3ccc(C)cc3C)c2C)S(=O)(=O)c2ccc(C)cc2)cc1Cl. The Kier molecular flexibility index (Phi) is 8.89. The second-order valence-electron chi connectivity index (χ2n) is 9.89. The molecule has 4 aromatic rings. The van der Waals surface area contributed by atoms with Crippen molar-refractivity contribution < 1.29 is 17.9 Å². The van der Waals surface area contributed by atoms with Gasteiger partial charge in [-0.2, -0.15) is 5.10 Å². The van der Waals surface area contributed by atoms with Crippen LogP contribution < -0.4 is 14.5 Å². The van der Waals surface area contributed by atoms with E-state index in [1.807, 2.05) is 26.8 Å². The molecule has 3 aromatic carbocycles. The van der Waals surface area contributed by atoms with E-state index in [0.29, 0.717) is 5.75 Å². The molecule has 0 bridgehead atoms. The maximum Gasteiger partial charge on any atom is 0.264 e. The van der Waals surface area contributed by atoms with Crippen LogP contribution in [0.1, 0.15) is 33.6 Å². The van der Waals surface area contributed by atoms with Crippen LogP contribution in [0.5, 0.6) is 5.75 Å². The van der Waals surface area contributed by atoms with Gasteiger partial charge in [0.25, 0.3) is 15.9 Å². The number of aromatic nitrogens is 1. The summed E-state index contributed by atoms with van der Waals surface area (Å²) in [4.78, 5) is 13.1. The van der Waals surface area contributed by atoms with E-state index < -0.39 is 22.5 Å². The standard InChI is InChI=1S/C31H33ClN4O4S/c1-20-7-11-27(12-8-20)41(38,39)35(26-10-14-30(40-6)28(32)17-26)19-31(37)34-33-18-25-16-23(4)36(24(25)5)29-13-9-21(2)15-22(29)3/h7-18H,19H2,1-6H3,(H,34,37)/b33-18-. The Hall–Kier alpha value is -4.08. The quantitative estimate of drug-likeness (QED) is 0.190. The monoisotopic (exact) mass is 592 g/mol. The van der Waals surface area contributed by atoms with Crippen LogP contribution in [0.3, 0.4) is 0 Å². The summed E-state index contributed by atoms with van der Waals surface area (Å²) in [5, 5.41) is 4.35. The fourth-order valence-electron chi connectivity index (χ4n) is 4.65. The van der Waals surface area contributed by atoms with Gasteiger partial charge in [-0.25, -0.2) is 13.8 Å². The molecule has 1 aromatic heterocycles. The smallest absolute Gasteiger partial charge is 0.264 e. The first kappa shape index (κ1) is 29.9. The zero-order valence-electron chi connectivity index (χ0n) is 23.9. The number of nitrogens with one attached hydrogen (secondary N) is 1. The maximum atomic E-state index is 13.6. The molecule has 4 rings (SSSR count). The summed E-state index contributed by atoms with van der Waals surface area (Å²) in [7, 11) is -2.64. The molecule has 1 N–H and O–H groups in total. The Morgan fingerprint density at radius 1 is 0.976 bits per heavy atom. The summed E-state index contributed by atoms with van der Waals surface area (Å²) in [6.07, 6.45) is 1.56. The molecule has 1 amide bonds. The average Bonchev–Trinajstić information content (AvgIpc) is 3.20. The topological polar surface area (TPSA) is 93.0 Å². The van der Waals surface area contributed by atoms with Crippen molar-refractivity contribution in [3.63, 3.8) is 0 Å². The molecule has 0 atom stereocenters. The molecule has 214 valence electrons. The fraction of sp³-hybridized carbons (Fsp3) is 0.226. The van der Waals surface area contributed by atoms with Crippen molar-refractivity contribution in [3.05, 3.63) is 105 Å². The lowest BCUT2D eigenvalue weighted by Gasteiger charge is -2.24. The van der Waals surface area contributed by atoms with Crippen molar-refractivity contribution in [1.82, 2.24) is 9.99 Å². The number of amides is 1. The highest BCUT2D eigenvalue weighted by molar-refractivity contribution is 7.92. The van der Waals surface area contributed by atoms with Crippen LogP contribution in [0.15, 0.2) is 76.7 Å². The van der Waals surface area contributed by atoms with Gasteiger partial charge in [0.15, 0.2) is 0 Å². The largest absolute Gasteiger partial charge is 0.495 e. The molecule has 1 heterocycles. The van der Waals surface area contributed by atoms with Gasteiger partial charge in [0.1, 0.15) is 12.3 Å². The molecule has 0 unspecified atom stereocenters. The molecule has 0 radical (unpaired) electrons. The Morgan fingerprint density at radius 3 is 2.29 bits per heavy atom. The number of benzene rings is 3. The molecular formula is C31H33ClN4O4S.